The second-order valence-corrected chi connectivity index (χ2v) is 6.74. The normalized spacial score (nSPS) is 11.2. The van der Waals surface area contributed by atoms with Gasteiger partial charge in [-0.3, -0.25) is 0 Å². The van der Waals surface area contributed by atoms with Crippen LogP contribution in [0.3, 0.4) is 0 Å². The standard InChI is InChI=1S/C22H20F3N3O4/c1-2-3-12-31-18(29)14-32-21(30)19-26-20(15-8-5-4-6-9-15)28(27-19)17-11-7-10-16(13-17)22(23,24)25/h4-11,13H,2-3,12,14H2,1H3. The molecule has 0 amide bonds. The Labute approximate surface area is 181 Å². The van der Waals surface area contributed by atoms with Crippen LogP contribution in [0.1, 0.15) is 35.9 Å². The molecule has 0 saturated heterocycles. The molecule has 3 rings (SSSR count). The minimum atomic E-state index is -4.55. The molecule has 2 aromatic carbocycles. The molecule has 0 fully saturated rings. The number of halogens is 3. The SMILES string of the molecule is CCCCOC(=O)COC(=O)c1nc(-c2ccccc2)n(-c2cccc(C(F)(F)F)c2)n1. The highest BCUT2D eigenvalue weighted by Gasteiger charge is 2.31. The van der Waals surface area contributed by atoms with Crippen LogP contribution in [0.2, 0.25) is 0 Å². The monoisotopic (exact) mass is 447 g/mol. The van der Waals surface area contributed by atoms with Gasteiger partial charge < -0.3 is 9.47 Å². The molecular weight excluding hydrogens is 427 g/mol. The van der Waals surface area contributed by atoms with Crippen molar-refractivity contribution < 1.29 is 32.2 Å². The molecule has 32 heavy (non-hydrogen) atoms. The molecule has 0 bridgehead atoms. The van der Waals surface area contributed by atoms with E-state index < -0.39 is 36.1 Å². The van der Waals surface area contributed by atoms with Crippen LogP contribution in [-0.2, 0) is 20.4 Å². The summed E-state index contributed by atoms with van der Waals surface area (Å²) >= 11 is 0. The summed E-state index contributed by atoms with van der Waals surface area (Å²) in [6.45, 7) is 1.53. The summed E-state index contributed by atoms with van der Waals surface area (Å²) in [5.41, 5.74) is -0.289. The van der Waals surface area contributed by atoms with Crippen LogP contribution in [0.25, 0.3) is 17.1 Å². The van der Waals surface area contributed by atoms with Gasteiger partial charge in [0, 0.05) is 5.56 Å². The third kappa shape index (κ3) is 5.71. The molecule has 3 aromatic rings. The molecule has 7 nitrogen and oxygen atoms in total. The summed E-state index contributed by atoms with van der Waals surface area (Å²) in [7, 11) is 0. The first-order valence-electron chi connectivity index (χ1n) is 9.82. The second-order valence-electron chi connectivity index (χ2n) is 6.74. The molecule has 1 heterocycles. The van der Waals surface area contributed by atoms with Gasteiger partial charge in [0.15, 0.2) is 12.4 Å². The largest absolute Gasteiger partial charge is 0.463 e. The Balaban J connectivity index is 1.89. The Morgan fingerprint density at radius 3 is 2.47 bits per heavy atom. The van der Waals surface area contributed by atoms with Crippen LogP contribution in [-0.4, -0.2) is 39.9 Å². The van der Waals surface area contributed by atoms with Crippen molar-refractivity contribution >= 4 is 11.9 Å². The van der Waals surface area contributed by atoms with Crippen molar-refractivity contribution in [3.8, 4) is 17.1 Å². The zero-order valence-corrected chi connectivity index (χ0v) is 17.1. The van der Waals surface area contributed by atoms with Crippen LogP contribution in [0.5, 0.6) is 0 Å². The zero-order valence-electron chi connectivity index (χ0n) is 17.1. The van der Waals surface area contributed by atoms with E-state index in [1.807, 2.05) is 6.92 Å². The molecule has 0 atom stereocenters. The van der Waals surface area contributed by atoms with E-state index in [0.29, 0.717) is 12.0 Å². The average molecular weight is 447 g/mol. The maximum Gasteiger partial charge on any atom is 0.416 e. The lowest BCUT2D eigenvalue weighted by Crippen LogP contribution is -2.18. The van der Waals surface area contributed by atoms with Gasteiger partial charge in [-0.25, -0.2) is 19.3 Å². The average Bonchev–Trinajstić information content (AvgIpc) is 3.23. The Bertz CT molecular complexity index is 1080. The minimum absolute atomic E-state index is 0.0594. The van der Waals surface area contributed by atoms with Gasteiger partial charge in [-0.1, -0.05) is 49.7 Å². The number of carbonyl (C=O) groups excluding carboxylic acids is 2. The van der Waals surface area contributed by atoms with Gasteiger partial charge in [0.1, 0.15) is 0 Å². The van der Waals surface area contributed by atoms with Crippen molar-refractivity contribution in [1.82, 2.24) is 14.8 Å². The van der Waals surface area contributed by atoms with Crippen molar-refractivity contribution in [3.63, 3.8) is 0 Å². The number of esters is 2. The van der Waals surface area contributed by atoms with Crippen molar-refractivity contribution in [2.45, 2.75) is 25.9 Å². The van der Waals surface area contributed by atoms with Gasteiger partial charge in [-0.2, -0.15) is 13.2 Å². The van der Waals surface area contributed by atoms with E-state index in [0.717, 1.165) is 23.2 Å². The third-order valence-electron chi connectivity index (χ3n) is 4.32. The topological polar surface area (TPSA) is 83.3 Å². The highest BCUT2D eigenvalue weighted by Crippen LogP contribution is 2.31. The Morgan fingerprint density at radius 2 is 1.78 bits per heavy atom. The Hall–Kier alpha value is -3.69. The number of hydrogen-bond donors (Lipinski definition) is 0. The van der Waals surface area contributed by atoms with Crippen molar-refractivity contribution in [3.05, 3.63) is 66.0 Å². The molecule has 0 saturated carbocycles. The molecule has 0 spiro atoms. The van der Waals surface area contributed by atoms with Crippen LogP contribution >= 0.6 is 0 Å². The molecule has 0 aliphatic rings. The summed E-state index contributed by atoms with van der Waals surface area (Å²) in [5, 5.41) is 4.04. The number of aromatic nitrogens is 3. The fourth-order valence-corrected chi connectivity index (χ4v) is 2.73. The number of ether oxygens (including phenoxy) is 2. The van der Waals surface area contributed by atoms with E-state index in [2.05, 4.69) is 10.1 Å². The molecule has 0 aliphatic carbocycles. The van der Waals surface area contributed by atoms with Gasteiger partial charge in [0.2, 0.25) is 0 Å². The van der Waals surface area contributed by atoms with Crippen molar-refractivity contribution in [1.29, 1.82) is 0 Å². The highest BCUT2D eigenvalue weighted by molar-refractivity contribution is 5.87. The van der Waals surface area contributed by atoms with E-state index >= 15 is 0 Å². The van der Waals surface area contributed by atoms with Crippen molar-refractivity contribution in [2.75, 3.05) is 13.2 Å². The molecule has 0 N–H and O–H groups in total. The first-order valence-corrected chi connectivity index (χ1v) is 9.82. The van der Waals surface area contributed by atoms with E-state index in [1.54, 1.807) is 30.3 Å². The number of alkyl halides is 3. The second kappa shape index (κ2) is 10.1. The highest BCUT2D eigenvalue weighted by atomic mass is 19.4. The first kappa shape index (κ1) is 23.0. The number of carbonyl (C=O) groups is 2. The van der Waals surface area contributed by atoms with Gasteiger partial charge in [-0.15, -0.1) is 5.10 Å². The Kier molecular flexibility index (Phi) is 7.24. The number of benzene rings is 2. The van der Waals surface area contributed by atoms with Crippen LogP contribution in [0.15, 0.2) is 54.6 Å². The van der Waals surface area contributed by atoms with Crippen molar-refractivity contribution in [2.24, 2.45) is 0 Å². The predicted molar refractivity (Wildman–Crippen MR) is 108 cm³/mol. The Morgan fingerprint density at radius 1 is 1.03 bits per heavy atom. The van der Waals surface area contributed by atoms with Gasteiger partial charge in [-0.05, 0) is 24.6 Å². The maximum absolute atomic E-state index is 13.2. The summed E-state index contributed by atoms with van der Waals surface area (Å²) in [6, 6.07) is 13.0. The van der Waals surface area contributed by atoms with E-state index in [4.69, 9.17) is 9.47 Å². The van der Waals surface area contributed by atoms with Crippen LogP contribution in [0, 0.1) is 0 Å². The van der Waals surface area contributed by atoms with E-state index in [-0.39, 0.29) is 18.1 Å². The number of rotatable bonds is 8. The predicted octanol–water partition coefficient (Wildman–Crippen LogP) is 4.45. The summed E-state index contributed by atoms with van der Waals surface area (Å²) in [4.78, 5) is 28.2. The third-order valence-corrected chi connectivity index (χ3v) is 4.32. The smallest absolute Gasteiger partial charge is 0.416 e. The molecule has 0 radical (unpaired) electrons. The zero-order chi connectivity index (χ0) is 23.1. The fourth-order valence-electron chi connectivity index (χ4n) is 2.73. The van der Waals surface area contributed by atoms with E-state index in [9.17, 15) is 22.8 Å². The summed E-state index contributed by atoms with van der Waals surface area (Å²) < 4.78 is 50.4. The molecule has 10 heteroatoms. The summed E-state index contributed by atoms with van der Waals surface area (Å²) in [6.07, 6.45) is -3.03. The van der Waals surface area contributed by atoms with Gasteiger partial charge in [0.25, 0.3) is 5.82 Å². The number of unbranched alkanes of at least 4 members (excludes halogenated alkanes) is 1. The molecule has 1 aromatic heterocycles. The van der Waals surface area contributed by atoms with Gasteiger partial charge in [0.05, 0.1) is 17.9 Å². The molecular formula is C22H20F3N3O4. The maximum atomic E-state index is 13.2. The minimum Gasteiger partial charge on any atom is -0.463 e. The number of hydrogen-bond acceptors (Lipinski definition) is 6. The lowest BCUT2D eigenvalue weighted by atomic mass is 10.2. The number of nitrogens with zero attached hydrogens (tertiary/aromatic N) is 3. The van der Waals surface area contributed by atoms with Gasteiger partial charge >= 0.3 is 18.1 Å². The molecule has 0 unspecified atom stereocenters. The molecule has 168 valence electrons. The van der Waals surface area contributed by atoms with Crippen LogP contribution < -0.4 is 0 Å². The lowest BCUT2D eigenvalue weighted by Gasteiger charge is -2.10. The fraction of sp³-hybridized carbons (Fsp3) is 0.273. The van der Waals surface area contributed by atoms with E-state index in [1.165, 1.54) is 12.1 Å². The lowest BCUT2D eigenvalue weighted by molar-refractivity contribution is -0.147. The van der Waals surface area contributed by atoms with Crippen LogP contribution in [0.4, 0.5) is 13.2 Å². The quantitative estimate of drug-likeness (QED) is 0.375. The first-order chi connectivity index (χ1) is 15.3. The summed E-state index contributed by atoms with van der Waals surface area (Å²) in [5.74, 6) is -1.97. The molecule has 0 aliphatic heterocycles.